The molecule has 0 radical (unpaired) electrons. The van der Waals surface area contributed by atoms with Crippen molar-refractivity contribution in [1.82, 2.24) is 19.9 Å². The minimum Gasteiger partial charge on any atom is -0.508 e. The number of phenols is 1. The van der Waals surface area contributed by atoms with Crippen molar-refractivity contribution < 1.29 is 14.2 Å². The highest BCUT2D eigenvalue weighted by atomic mass is 19.1. The van der Waals surface area contributed by atoms with E-state index < -0.39 is 11.4 Å². The predicted molar refractivity (Wildman–Crippen MR) is 116 cm³/mol. The van der Waals surface area contributed by atoms with E-state index in [0.717, 1.165) is 30.2 Å². The number of nitrogens with one attached hydrogen (secondary N) is 1. The maximum atomic E-state index is 15.6. The number of rotatable bonds is 4. The molecule has 5 rings (SSSR count). The van der Waals surface area contributed by atoms with Gasteiger partial charge in [-0.3, -0.25) is 14.8 Å². The Morgan fingerprint density at radius 1 is 1.29 bits per heavy atom. The number of benzene rings is 2. The molecule has 2 aromatic carbocycles. The number of hydrogen-bond donors (Lipinski definition) is 2. The van der Waals surface area contributed by atoms with Crippen LogP contribution in [-0.4, -0.2) is 51.2 Å². The number of pyridine rings is 1. The Morgan fingerprint density at radius 3 is 2.94 bits per heavy atom. The largest absolute Gasteiger partial charge is 0.508 e. The second kappa shape index (κ2) is 7.63. The summed E-state index contributed by atoms with van der Waals surface area (Å²) in [6.45, 7) is 1.36. The SMILES string of the molecule is CN1CCCC1COc1nc2c(F)c(-c3cc(O)cc4ccccc34)ncc2c(=O)[nH]1. The molecule has 7 nitrogen and oxygen atoms in total. The first-order chi connectivity index (χ1) is 15.0. The third-order valence-electron chi connectivity index (χ3n) is 5.86. The number of halogens is 1. The lowest BCUT2D eigenvalue weighted by Gasteiger charge is -2.19. The monoisotopic (exact) mass is 420 g/mol. The van der Waals surface area contributed by atoms with Gasteiger partial charge < -0.3 is 14.7 Å². The van der Waals surface area contributed by atoms with E-state index in [1.807, 2.05) is 31.3 Å². The molecule has 158 valence electrons. The highest BCUT2D eigenvalue weighted by Gasteiger charge is 2.22. The van der Waals surface area contributed by atoms with Crippen LogP contribution in [0, 0.1) is 5.82 Å². The van der Waals surface area contributed by atoms with E-state index >= 15 is 4.39 Å². The first-order valence-electron chi connectivity index (χ1n) is 10.1. The van der Waals surface area contributed by atoms with Crippen molar-refractivity contribution in [1.29, 1.82) is 0 Å². The second-order valence-electron chi connectivity index (χ2n) is 7.86. The molecule has 4 aromatic rings. The molecule has 0 spiro atoms. The number of H-pyrrole nitrogens is 1. The fourth-order valence-electron chi connectivity index (χ4n) is 4.16. The summed E-state index contributed by atoms with van der Waals surface area (Å²) in [5.41, 5.74) is -0.194. The van der Waals surface area contributed by atoms with Crippen LogP contribution in [0.1, 0.15) is 12.8 Å². The van der Waals surface area contributed by atoms with Gasteiger partial charge in [-0.15, -0.1) is 0 Å². The van der Waals surface area contributed by atoms with E-state index in [-0.39, 0.29) is 34.4 Å². The fraction of sp³-hybridized carbons (Fsp3) is 0.261. The summed E-state index contributed by atoms with van der Waals surface area (Å²) in [5, 5.41) is 11.6. The minimum atomic E-state index is -0.734. The molecule has 1 fully saturated rings. The van der Waals surface area contributed by atoms with Crippen molar-refractivity contribution in [3.8, 4) is 23.0 Å². The van der Waals surface area contributed by atoms with Crippen LogP contribution in [0.5, 0.6) is 11.8 Å². The summed E-state index contributed by atoms with van der Waals surface area (Å²) >= 11 is 0. The third kappa shape index (κ3) is 3.48. The third-order valence-corrected chi connectivity index (χ3v) is 5.86. The lowest BCUT2D eigenvalue weighted by Crippen LogP contribution is -2.31. The van der Waals surface area contributed by atoms with Gasteiger partial charge in [-0.25, -0.2) is 4.39 Å². The van der Waals surface area contributed by atoms with Gasteiger partial charge in [-0.1, -0.05) is 24.3 Å². The lowest BCUT2D eigenvalue weighted by molar-refractivity contribution is 0.188. The highest BCUT2D eigenvalue weighted by molar-refractivity contribution is 5.98. The number of fused-ring (bicyclic) bond motifs is 2. The van der Waals surface area contributed by atoms with Crippen molar-refractivity contribution in [3.05, 3.63) is 58.8 Å². The van der Waals surface area contributed by atoms with Gasteiger partial charge in [0.1, 0.15) is 23.6 Å². The maximum absolute atomic E-state index is 15.6. The van der Waals surface area contributed by atoms with E-state index in [9.17, 15) is 9.90 Å². The van der Waals surface area contributed by atoms with Gasteiger partial charge in [0, 0.05) is 17.8 Å². The van der Waals surface area contributed by atoms with Crippen LogP contribution in [0.15, 0.2) is 47.4 Å². The van der Waals surface area contributed by atoms with Gasteiger partial charge >= 0.3 is 0 Å². The number of ether oxygens (including phenoxy) is 1. The highest BCUT2D eigenvalue weighted by Crippen LogP contribution is 2.34. The van der Waals surface area contributed by atoms with Crippen LogP contribution in [0.3, 0.4) is 0 Å². The van der Waals surface area contributed by atoms with E-state index in [0.29, 0.717) is 12.2 Å². The van der Waals surface area contributed by atoms with Gasteiger partial charge in [0.15, 0.2) is 5.82 Å². The maximum Gasteiger partial charge on any atom is 0.297 e. The van der Waals surface area contributed by atoms with Gasteiger partial charge in [-0.05, 0) is 49.3 Å². The van der Waals surface area contributed by atoms with Crippen molar-refractivity contribution in [2.24, 2.45) is 0 Å². The Hall–Kier alpha value is -3.52. The van der Waals surface area contributed by atoms with E-state index in [4.69, 9.17) is 4.74 Å². The summed E-state index contributed by atoms with van der Waals surface area (Å²) in [7, 11) is 2.02. The van der Waals surface area contributed by atoms with E-state index in [1.54, 1.807) is 6.07 Å². The van der Waals surface area contributed by atoms with Gasteiger partial charge in [0.25, 0.3) is 11.6 Å². The van der Waals surface area contributed by atoms with Crippen molar-refractivity contribution in [2.45, 2.75) is 18.9 Å². The molecule has 1 atom stereocenters. The van der Waals surface area contributed by atoms with Crippen molar-refractivity contribution in [3.63, 3.8) is 0 Å². The minimum absolute atomic E-state index is 0.00132. The molecule has 8 heteroatoms. The topological polar surface area (TPSA) is 91.3 Å². The van der Waals surface area contributed by atoms with Crippen LogP contribution >= 0.6 is 0 Å². The molecule has 3 heterocycles. The zero-order valence-electron chi connectivity index (χ0n) is 16.9. The number of nitrogens with zero attached hydrogens (tertiary/aromatic N) is 3. The Kier molecular flexibility index (Phi) is 4.78. The molecule has 2 aromatic heterocycles. The van der Waals surface area contributed by atoms with Gasteiger partial charge in [0.05, 0.1) is 5.39 Å². The Bertz CT molecular complexity index is 1350. The number of phenolic OH excluding ortho intramolecular Hbond substituents is 1. The molecule has 1 saturated heterocycles. The standard InChI is InChI=1S/C23H21FN4O3/c1-28-8-4-6-14(28)12-31-23-26-21-18(22(30)27-23)11-25-20(19(21)24)17-10-15(29)9-13-5-2-3-7-16(13)17/h2-3,5,7,9-11,14,29H,4,6,8,12H2,1H3,(H,26,27,30). The molecule has 1 unspecified atom stereocenters. The van der Waals surface area contributed by atoms with Crippen molar-refractivity contribution in [2.75, 3.05) is 20.2 Å². The molecular formula is C23H21FN4O3. The van der Waals surface area contributed by atoms with Crippen LogP contribution < -0.4 is 10.3 Å². The van der Waals surface area contributed by atoms with Crippen LogP contribution in [-0.2, 0) is 0 Å². The number of likely N-dealkylation sites (tertiary alicyclic amines) is 1. The van der Waals surface area contributed by atoms with E-state index in [2.05, 4.69) is 19.9 Å². The zero-order valence-corrected chi connectivity index (χ0v) is 16.9. The smallest absolute Gasteiger partial charge is 0.297 e. The first kappa shape index (κ1) is 19.4. The first-order valence-corrected chi connectivity index (χ1v) is 10.1. The molecule has 0 aliphatic carbocycles. The van der Waals surface area contributed by atoms with Gasteiger partial charge in [0.2, 0.25) is 0 Å². The molecule has 0 saturated carbocycles. The number of aromatic nitrogens is 3. The molecule has 1 aliphatic rings. The molecular weight excluding hydrogens is 399 g/mol. The molecule has 31 heavy (non-hydrogen) atoms. The Labute approximate surface area is 177 Å². The average Bonchev–Trinajstić information content (AvgIpc) is 3.17. The molecule has 0 amide bonds. The summed E-state index contributed by atoms with van der Waals surface area (Å²) in [6.07, 6.45) is 3.39. The zero-order chi connectivity index (χ0) is 21.5. The molecule has 2 N–H and O–H groups in total. The summed E-state index contributed by atoms with van der Waals surface area (Å²) in [4.78, 5) is 25.7. The summed E-state index contributed by atoms with van der Waals surface area (Å²) < 4.78 is 21.3. The second-order valence-corrected chi connectivity index (χ2v) is 7.86. The van der Waals surface area contributed by atoms with Crippen molar-refractivity contribution >= 4 is 21.7 Å². The Morgan fingerprint density at radius 2 is 2.13 bits per heavy atom. The van der Waals surface area contributed by atoms with Crippen LogP contribution in [0.2, 0.25) is 0 Å². The fourth-order valence-corrected chi connectivity index (χ4v) is 4.16. The van der Waals surface area contributed by atoms with Crippen LogP contribution in [0.4, 0.5) is 4.39 Å². The number of hydrogen-bond acceptors (Lipinski definition) is 6. The lowest BCUT2D eigenvalue weighted by atomic mass is 10.0. The van der Waals surface area contributed by atoms with E-state index in [1.165, 1.54) is 12.3 Å². The number of aromatic hydroxyl groups is 1. The summed E-state index contributed by atoms with van der Waals surface area (Å²) in [6, 6.07) is 10.6. The quantitative estimate of drug-likeness (QED) is 0.526. The molecule has 0 bridgehead atoms. The average molecular weight is 420 g/mol. The summed E-state index contributed by atoms with van der Waals surface area (Å²) in [5.74, 6) is -0.735. The van der Waals surface area contributed by atoms with Gasteiger partial charge in [-0.2, -0.15) is 4.98 Å². The number of aromatic amines is 1. The number of likely N-dealkylation sites (N-methyl/N-ethyl adjacent to an activating group) is 1. The predicted octanol–water partition coefficient (Wildman–Crippen LogP) is 3.46. The Balaban J connectivity index is 1.60. The molecule has 1 aliphatic heterocycles. The van der Waals surface area contributed by atoms with Crippen LogP contribution in [0.25, 0.3) is 32.9 Å². The normalized spacial score (nSPS) is 16.9.